The Kier molecular flexibility index (Phi) is 31.1. The Morgan fingerprint density at radius 2 is 1.00 bits per heavy atom. The van der Waals surface area contributed by atoms with Crippen molar-refractivity contribution in [1.82, 2.24) is 0 Å². The molecule has 0 aromatic carbocycles. The van der Waals surface area contributed by atoms with Crippen LogP contribution in [0.15, 0.2) is 0 Å². The zero-order valence-electron chi connectivity index (χ0n) is 20.3. The van der Waals surface area contributed by atoms with Crippen molar-refractivity contribution in [2.24, 2.45) is 0 Å². The molecule has 0 rings (SSSR count). The quantitative estimate of drug-likeness (QED) is 0.108. The van der Waals surface area contributed by atoms with Crippen LogP contribution >= 0.6 is 0 Å². The number of ether oxygens (including phenoxy) is 1. The number of hydrogen-bond acceptors (Lipinski definition) is 4. The molecular formula is C25H50KO4. The molecule has 0 spiro atoms. The van der Waals surface area contributed by atoms with E-state index in [0.717, 1.165) is 12.8 Å². The fourth-order valence-corrected chi connectivity index (χ4v) is 3.66. The summed E-state index contributed by atoms with van der Waals surface area (Å²) >= 11 is 0. The fraction of sp³-hybridized carbons (Fsp3) is 0.960. The average Bonchev–Trinajstić information content (AvgIpc) is 2.73. The van der Waals surface area contributed by atoms with Crippen molar-refractivity contribution in [3.05, 3.63) is 0 Å². The molecule has 0 bridgehead atoms. The van der Waals surface area contributed by atoms with Crippen LogP contribution in [-0.4, -0.2) is 86.9 Å². The number of carbonyl (C=O) groups excluding carboxylic acids is 1. The summed E-state index contributed by atoms with van der Waals surface area (Å²) in [6.45, 7) is 1.81. The minimum Gasteiger partial charge on any atom is -0.463 e. The van der Waals surface area contributed by atoms with Gasteiger partial charge in [0.15, 0.2) is 0 Å². The molecule has 0 aliphatic carbocycles. The van der Waals surface area contributed by atoms with E-state index in [1.807, 2.05) is 0 Å². The molecule has 0 fully saturated rings. The van der Waals surface area contributed by atoms with E-state index in [2.05, 4.69) is 6.92 Å². The smallest absolute Gasteiger partial charge is 0.305 e. The van der Waals surface area contributed by atoms with Gasteiger partial charge in [0.05, 0.1) is 6.61 Å². The molecule has 0 heterocycles. The van der Waals surface area contributed by atoms with Gasteiger partial charge in [-0.05, 0) is 6.42 Å². The van der Waals surface area contributed by atoms with Gasteiger partial charge in [0.2, 0.25) is 0 Å². The zero-order chi connectivity index (χ0) is 21.4. The van der Waals surface area contributed by atoms with E-state index in [1.54, 1.807) is 0 Å². The van der Waals surface area contributed by atoms with Gasteiger partial charge < -0.3 is 14.9 Å². The molecule has 0 saturated heterocycles. The van der Waals surface area contributed by atoms with Crippen LogP contribution in [0.4, 0.5) is 0 Å². The zero-order valence-corrected chi connectivity index (χ0v) is 23.5. The van der Waals surface area contributed by atoms with Gasteiger partial charge in [-0.2, -0.15) is 0 Å². The Morgan fingerprint density at radius 3 is 1.33 bits per heavy atom. The van der Waals surface area contributed by atoms with Gasteiger partial charge in [-0.3, -0.25) is 4.79 Å². The van der Waals surface area contributed by atoms with Gasteiger partial charge in [0, 0.05) is 57.8 Å². The molecule has 0 aliphatic heterocycles. The molecule has 5 heteroatoms. The van der Waals surface area contributed by atoms with Crippen LogP contribution < -0.4 is 0 Å². The van der Waals surface area contributed by atoms with Crippen LogP contribution in [0, 0.1) is 0 Å². The largest absolute Gasteiger partial charge is 0.463 e. The molecule has 1 unspecified atom stereocenters. The van der Waals surface area contributed by atoms with Gasteiger partial charge in [0.1, 0.15) is 12.7 Å². The second kappa shape index (κ2) is 28.1. The first-order valence-corrected chi connectivity index (χ1v) is 12.6. The van der Waals surface area contributed by atoms with Crippen molar-refractivity contribution in [3.63, 3.8) is 0 Å². The Hall–Kier alpha value is 1.03. The summed E-state index contributed by atoms with van der Waals surface area (Å²) < 4.78 is 4.88. The Balaban J connectivity index is 0. The van der Waals surface area contributed by atoms with Gasteiger partial charge in [-0.25, -0.2) is 0 Å². The number of aliphatic hydroxyl groups is 2. The topological polar surface area (TPSA) is 66.8 Å². The monoisotopic (exact) mass is 453 g/mol. The molecular weight excluding hydrogens is 403 g/mol. The summed E-state index contributed by atoms with van der Waals surface area (Å²) in [6, 6.07) is 0. The van der Waals surface area contributed by atoms with Crippen LogP contribution in [0.25, 0.3) is 0 Å². The first-order chi connectivity index (χ1) is 14.2. The van der Waals surface area contributed by atoms with E-state index in [-0.39, 0.29) is 70.6 Å². The van der Waals surface area contributed by atoms with Crippen LogP contribution in [0.1, 0.15) is 135 Å². The Labute approximate surface area is 229 Å². The first kappa shape index (κ1) is 33.2. The summed E-state index contributed by atoms with van der Waals surface area (Å²) in [4.78, 5) is 11.4. The maximum absolute atomic E-state index is 11.4. The molecule has 30 heavy (non-hydrogen) atoms. The molecule has 0 saturated carbocycles. The van der Waals surface area contributed by atoms with Crippen LogP contribution in [-0.2, 0) is 9.53 Å². The summed E-state index contributed by atoms with van der Waals surface area (Å²) in [6.07, 6.45) is 24.9. The maximum atomic E-state index is 11.4. The van der Waals surface area contributed by atoms with Crippen LogP contribution in [0.5, 0.6) is 0 Å². The summed E-state index contributed by atoms with van der Waals surface area (Å²) in [5.74, 6) is -0.274. The van der Waals surface area contributed by atoms with Gasteiger partial charge in [0.25, 0.3) is 0 Å². The third kappa shape index (κ3) is 27.1. The number of esters is 1. The fourth-order valence-electron chi connectivity index (χ4n) is 3.66. The second-order valence-electron chi connectivity index (χ2n) is 8.63. The van der Waals surface area contributed by atoms with Gasteiger partial charge in [-0.15, -0.1) is 0 Å². The standard InChI is InChI=1S/C25H50O4.K/c1-2-3-4-5-6-7-8-9-10-11-12-13-14-15-16-17-18-19-20-21-25(28)29-23-24(27)22-26;/h24,26-27H,2-23H2,1H3;. The van der Waals surface area contributed by atoms with Crippen LogP contribution in [0.3, 0.4) is 0 Å². The van der Waals surface area contributed by atoms with Crippen LogP contribution in [0.2, 0.25) is 0 Å². The summed E-state index contributed by atoms with van der Waals surface area (Å²) in [5, 5.41) is 17.8. The average molecular weight is 454 g/mol. The number of unbranched alkanes of at least 4 members (excludes halogenated alkanes) is 18. The van der Waals surface area contributed by atoms with E-state index in [0.29, 0.717) is 6.42 Å². The van der Waals surface area contributed by atoms with E-state index in [4.69, 9.17) is 14.9 Å². The van der Waals surface area contributed by atoms with Crippen molar-refractivity contribution in [1.29, 1.82) is 0 Å². The SMILES string of the molecule is CCCCCCCCCCCCCCCCCCCCCC(=O)OCC(O)CO.[K]. The maximum Gasteiger partial charge on any atom is 0.305 e. The third-order valence-electron chi connectivity index (χ3n) is 5.63. The van der Waals surface area contributed by atoms with Crippen molar-refractivity contribution < 1.29 is 19.7 Å². The Morgan fingerprint density at radius 1 is 0.667 bits per heavy atom. The molecule has 175 valence electrons. The Bertz CT molecular complexity index is 339. The molecule has 1 radical (unpaired) electrons. The van der Waals surface area contributed by atoms with E-state index >= 15 is 0 Å². The molecule has 0 aromatic heterocycles. The predicted octanol–water partition coefficient (Wildman–Crippen LogP) is 6.32. The molecule has 4 nitrogen and oxygen atoms in total. The minimum atomic E-state index is -0.955. The molecule has 0 aromatic rings. The van der Waals surface area contributed by atoms with Crippen molar-refractivity contribution in [3.8, 4) is 0 Å². The molecule has 0 amide bonds. The van der Waals surface area contributed by atoms with Gasteiger partial charge in [-0.1, -0.05) is 122 Å². The first-order valence-electron chi connectivity index (χ1n) is 12.6. The predicted molar refractivity (Wildman–Crippen MR) is 128 cm³/mol. The molecule has 0 aliphatic rings. The van der Waals surface area contributed by atoms with Crippen molar-refractivity contribution >= 4 is 57.4 Å². The number of hydrogen-bond donors (Lipinski definition) is 2. The van der Waals surface area contributed by atoms with Crippen molar-refractivity contribution in [2.75, 3.05) is 13.2 Å². The normalized spacial score (nSPS) is 11.8. The minimum absolute atomic E-state index is 0. The summed E-state index contributed by atoms with van der Waals surface area (Å²) in [7, 11) is 0. The molecule has 1 atom stereocenters. The van der Waals surface area contributed by atoms with E-state index in [9.17, 15) is 4.79 Å². The number of carbonyl (C=O) groups is 1. The number of aliphatic hydroxyl groups excluding tert-OH is 2. The van der Waals surface area contributed by atoms with Crippen molar-refractivity contribution in [2.45, 2.75) is 141 Å². The summed E-state index contributed by atoms with van der Waals surface area (Å²) in [5.41, 5.74) is 0. The van der Waals surface area contributed by atoms with Gasteiger partial charge >= 0.3 is 5.97 Å². The third-order valence-corrected chi connectivity index (χ3v) is 5.63. The van der Waals surface area contributed by atoms with E-state index < -0.39 is 6.10 Å². The second-order valence-corrected chi connectivity index (χ2v) is 8.63. The van der Waals surface area contributed by atoms with E-state index in [1.165, 1.54) is 109 Å². The number of rotatable bonds is 23. The molecule has 2 N–H and O–H groups in total.